The quantitative estimate of drug-likeness (QED) is 0.623. The average Bonchev–Trinajstić information content (AvgIpc) is 1.59. The molecule has 11 heavy (non-hydrogen) atoms. The van der Waals surface area contributed by atoms with Crippen molar-refractivity contribution in [1.82, 2.24) is 0 Å². The Bertz CT molecular complexity index is 280. The first-order chi connectivity index (χ1) is 4.56. The van der Waals surface area contributed by atoms with Crippen molar-refractivity contribution in [3.05, 3.63) is 0 Å². The number of nitrogens with zero attached hydrogens (tertiary/aromatic N) is 1. The molecule has 0 aliphatic heterocycles. The van der Waals surface area contributed by atoms with Crippen molar-refractivity contribution in [2.75, 3.05) is 32.1 Å². The molecule has 0 aliphatic rings. The lowest BCUT2D eigenvalue weighted by Crippen LogP contribution is -1.87. The largest absolute Gasteiger partial charge is 0.253 e. The summed E-state index contributed by atoms with van der Waals surface area (Å²) in [6.45, 7) is 0. The van der Waals surface area contributed by atoms with Crippen LogP contribution in [0.3, 0.4) is 0 Å². The minimum absolute atomic E-state index is 1.38. The fourth-order valence-electron chi connectivity index (χ4n) is 0. The number of hydrogen-bond acceptors (Lipinski definition) is 4. The highest BCUT2D eigenvalue weighted by atomic mass is 32.2. The van der Waals surface area contributed by atoms with Gasteiger partial charge in [0.1, 0.15) is 0 Å². The van der Waals surface area contributed by atoms with Crippen LogP contribution in [-0.2, 0) is 19.5 Å². The summed E-state index contributed by atoms with van der Waals surface area (Å²) in [6.07, 6.45) is 5.97. The molecule has 0 aromatic heterocycles. The second-order valence-electron chi connectivity index (χ2n) is 2.60. The van der Waals surface area contributed by atoms with Gasteiger partial charge in [-0.15, -0.1) is 0 Å². The van der Waals surface area contributed by atoms with Crippen LogP contribution >= 0.6 is 0 Å². The van der Waals surface area contributed by atoms with Crippen molar-refractivity contribution in [2.45, 2.75) is 0 Å². The molecule has 0 saturated heterocycles. The first kappa shape index (κ1) is 13.5. The van der Waals surface area contributed by atoms with E-state index < -0.39 is 19.5 Å². The summed E-state index contributed by atoms with van der Waals surface area (Å²) in [6, 6.07) is 0. The summed E-state index contributed by atoms with van der Waals surface area (Å²) in [4.78, 5) is 0. The van der Waals surface area contributed by atoms with Crippen LogP contribution in [0.1, 0.15) is 0 Å². The van der Waals surface area contributed by atoms with Crippen LogP contribution < -0.4 is 0 Å². The predicted octanol–water partition coefficient (Wildman–Crippen LogP) is 0.637. The van der Waals surface area contributed by atoms with Crippen LogP contribution in [0.5, 0.6) is 0 Å². The van der Waals surface area contributed by atoms with Crippen LogP contribution in [0.2, 0.25) is 0 Å². The molecular formula is C5H16N2O2S2. The van der Waals surface area contributed by atoms with Crippen molar-refractivity contribution < 1.29 is 8.42 Å². The highest BCUT2D eigenvalue weighted by Crippen LogP contribution is 1.75. The van der Waals surface area contributed by atoms with Crippen LogP contribution in [0, 0.1) is 4.78 Å². The molecule has 0 aromatic carbocycles. The molecule has 0 unspecified atom stereocenters. The van der Waals surface area contributed by atoms with Gasteiger partial charge in [0.25, 0.3) is 0 Å². The molecule has 0 fully saturated rings. The van der Waals surface area contributed by atoms with E-state index in [2.05, 4.69) is 4.36 Å². The minimum Gasteiger partial charge on any atom is -0.253 e. The molecule has 0 bridgehead atoms. The van der Waals surface area contributed by atoms with E-state index in [1.54, 1.807) is 19.6 Å². The van der Waals surface area contributed by atoms with Gasteiger partial charge in [0.15, 0.2) is 0 Å². The van der Waals surface area contributed by atoms with E-state index in [4.69, 9.17) is 4.78 Å². The molecule has 0 aromatic rings. The molecule has 0 aliphatic carbocycles. The van der Waals surface area contributed by atoms with Crippen molar-refractivity contribution in [3.8, 4) is 0 Å². The lowest BCUT2D eigenvalue weighted by molar-refractivity contribution is 0.682. The molecule has 0 atom stereocenters. The third-order valence-corrected chi connectivity index (χ3v) is 1.32. The van der Waals surface area contributed by atoms with E-state index in [0.717, 1.165) is 0 Å². The van der Waals surface area contributed by atoms with Crippen molar-refractivity contribution in [1.29, 1.82) is 4.78 Å². The summed E-state index contributed by atoms with van der Waals surface area (Å²) in [5.74, 6) is 0. The summed E-state index contributed by atoms with van der Waals surface area (Å²) < 4.78 is 30.3. The lowest BCUT2D eigenvalue weighted by Gasteiger charge is -1.83. The third kappa shape index (κ3) is 73.5. The molecule has 0 amide bonds. The number of nitrogens with one attached hydrogen (secondary N) is 1. The summed E-state index contributed by atoms with van der Waals surface area (Å²) in [7, 11) is -2.40. The van der Waals surface area contributed by atoms with Gasteiger partial charge >= 0.3 is 0 Å². The van der Waals surface area contributed by atoms with Crippen molar-refractivity contribution in [3.63, 3.8) is 0 Å². The Morgan fingerprint density at radius 1 is 1.09 bits per heavy atom. The topological polar surface area (TPSA) is 70.3 Å². The Morgan fingerprint density at radius 3 is 1.18 bits per heavy atom. The zero-order valence-corrected chi connectivity index (χ0v) is 9.21. The molecule has 0 heterocycles. The maximum atomic E-state index is 10.4. The SMILES string of the molecule is CN=S(C)(C)=O.CS(C)(=N)=O. The van der Waals surface area contributed by atoms with Crippen molar-refractivity contribution in [2.24, 2.45) is 4.36 Å². The summed E-state index contributed by atoms with van der Waals surface area (Å²) >= 11 is 0. The highest BCUT2D eigenvalue weighted by Gasteiger charge is 1.78. The predicted molar refractivity (Wildman–Crippen MR) is 51.1 cm³/mol. The van der Waals surface area contributed by atoms with Gasteiger partial charge in [-0.3, -0.25) is 13.2 Å². The van der Waals surface area contributed by atoms with Crippen LogP contribution in [0.4, 0.5) is 0 Å². The Hall–Kier alpha value is -0.100. The molecule has 6 heteroatoms. The Kier molecular flexibility index (Phi) is 5.78. The van der Waals surface area contributed by atoms with Gasteiger partial charge in [-0.05, 0) is 0 Å². The first-order valence-electron chi connectivity index (χ1n) is 2.80. The second kappa shape index (κ2) is 4.71. The number of rotatable bonds is 0. The van der Waals surface area contributed by atoms with Gasteiger partial charge in [-0.25, -0.2) is 4.36 Å². The fraction of sp³-hybridized carbons (Fsp3) is 1.00. The maximum absolute atomic E-state index is 10.4. The molecule has 0 radical (unpaired) electrons. The molecular weight excluding hydrogens is 184 g/mol. The van der Waals surface area contributed by atoms with E-state index >= 15 is 0 Å². The van der Waals surface area contributed by atoms with Gasteiger partial charge in [0.2, 0.25) is 0 Å². The zero-order valence-electron chi connectivity index (χ0n) is 7.58. The average molecular weight is 200 g/mol. The molecule has 0 rings (SSSR count). The second-order valence-corrected chi connectivity index (χ2v) is 7.79. The standard InChI is InChI=1S/C3H9NOS.C2H7NOS/c1-4-6(2,3)5;1-5(2,3)4/h1-3H3;3H,1-2H3. The van der Waals surface area contributed by atoms with Gasteiger partial charge in [-0.2, -0.15) is 0 Å². The normalized spacial score (nSPS) is 11.4. The third-order valence-electron chi connectivity index (χ3n) is 0.440. The first-order valence-corrected chi connectivity index (χ1v) is 7.51. The highest BCUT2D eigenvalue weighted by molar-refractivity contribution is 7.92. The molecule has 0 spiro atoms. The monoisotopic (exact) mass is 200 g/mol. The van der Waals surface area contributed by atoms with Gasteiger partial charge in [0.05, 0.1) is 0 Å². The molecule has 0 saturated carbocycles. The molecule has 1 N–H and O–H groups in total. The van der Waals surface area contributed by atoms with Gasteiger partial charge in [-0.1, -0.05) is 0 Å². The van der Waals surface area contributed by atoms with E-state index in [-0.39, 0.29) is 0 Å². The Balaban J connectivity index is 0. The van der Waals surface area contributed by atoms with Gasteiger partial charge in [0, 0.05) is 51.5 Å². The van der Waals surface area contributed by atoms with E-state index in [9.17, 15) is 8.42 Å². The Labute approximate surface area is 69.6 Å². The zero-order chi connectivity index (χ0) is 9.71. The van der Waals surface area contributed by atoms with Crippen LogP contribution in [-0.4, -0.2) is 40.5 Å². The van der Waals surface area contributed by atoms with Crippen LogP contribution in [0.25, 0.3) is 0 Å². The lowest BCUT2D eigenvalue weighted by atomic mass is 11.6. The van der Waals surface area contributed by atoms with E-state index in [1.165, 1.54) is 12.5 Å². The minimum atomic E-state index is -2.17. The summed E-state index contributed by atoms with van der Waals surface area (Å²) in [5, 5.41) is 0. The summed E-state index contributed by atoms with van der Waals surface area (Å²) in [5.41, 5.74) is 0. The van der Waals surface area contributed by atoms with Gasteiger partial charge < -0.3 is 0 Å². The maximum Gasteiger partial charge on any atom is 0.0406 e. The fourth-order valence-corrected chi connectivity index (χ4v) is 0. The molecule has 70 valence electrons. The van der Waals surface area contributed by atoms with E-state index in [1.807, 2.05) is 0 Å². The van der Waals surface area contributed by atoms with Crippen LogP contribution in [0.15, 0.2) is 4.36 Å². The Morgan fingerprint density at radius 2 is 1.18 bits per heavy atom. The number of hydrogen-bond donors (Lipinski definition) is 1. The van der Waals surface area contributed by atoms with Crippen molar-refractivity contribution >= 4 is 19.5 Å². The van der Waals surface area contributed by atoms with E-state index in [0.29, 0.717) is 0 Å². The molecule has 4 nitrogen and oxygen atoms in total. The smallest absolute Gasteiger partial charge is 0.0406 e.